The van der Waals surface area contributed by atoms with Crippen LogP contribution in [0.3, 0.4) is 0 Å². The van der Waals surface area contributed by atoms with Gasteiger partial charge in [-0.05, 0) is 38.8 Å². The molecule has 1 amide bonds. The van der Waals surface area contributed by atoms with Gasteiger partial charge >= 0.3 is 6.09 Å². The van der Waals surface area contributed by atoms with Crippen LogP contribution in [-0.4, -0.2) is 23.4 Å². The van der Waals surface area contributed by atoms with Gasteiger partial charge in [-0.2, -0.15) is 0 Å². The molecular formula is C16H19N3O3. The van der Waals surface area contributed by atoms with Crippen molar-refractivity contribution in [2.45, 2.75) is 32.8 Å². The number of nitrogens with zero attached hydrogens (tertiary/aromatic N) is 2. The van der Waals surface area contributed by atoms with E-state index < -0.39 is 5.60 Å². The lowest BCUT2D eigenvalue weighted by molar-refractivity contribution is 0.0584. The molecular weight excluding hydrogens is 282 g/mol. The van der Waals surface area contributed by atoms with E-state index >= 15 is 0 Å². The van der Waals surface area contributed by atoms with Crippen LogP contribution in [-0.2, 0) is 11.2 Å². The lowest BCUT2D eigenvalue weighted by Crippen LogP contribution is -2.35. The van der Waals surface area contributed by atoms with Crippen molar-refractivity contribution in [2.24, 2.45) is 0 Å². The van der Waals surface area contributed by atoms with Gasteiger partial charge in [0.1, 0.15) is 11.3 Å². The minimum absolute atomic E-state index is 0.273. The fourth-order valence-corrected chi connectivity index (χ4v) is 2.60. The summed E-state index contributed by atoms with van der Waals surface area (Å²) in [5.74, 6) is 0.273. The Bertz CT molecular complexity index is 716. The SMILES string of the molecule is CC(C)(C)OC(=O)N1CCc2c(-c3cc(N)on3)cccc21. The number of hydrogen-bond acceptors (Lipinski definition) is 5. The van der Waals surface area contributed by atoms with E-state index in [0.717, 1.165) is 23.2 Å². The predicted molar refractivity (Wildman–Crippen MR) is 83.6 cm³/mol. The maximum atomic E-state index is 12.3. The highest BCUT2D eigenvalue weighted by molar-refractivity contribution is 5.92. The average molecular weight is 301 g/mol. The van der Waals surface area contributed by atoms with E-state index in [0.29, 0.717) is 12.2 Å². The van der Waals surface area contributed by atoms with Crippen LogP contribution < -0.4 is 10.6 Å². The van der Waals surface area contributed by atoms with Gasteiger partial charge < -0.3 is 15.0 Å². The molecule has 0 atom stereocenters. The van der Waals surface area contributed by atoms with Gasteiger partial charge in [-0.1, -0.05) is 17.3 Å². The molecule has 2 heterocycles. The zero-order valence-electron chi connectivity index (χ0n) is 12.9. The largest absolute Gasteiger partial charge is 0.443 e. The van der Waals surface area contributed by atoms with Crippen molar-refractivity contribution >= 4 is 17.7 Å². The molecule has 0 bridgehead atoms. The van der Waals surface area contributed by atoms with Crippen LogP contribution in [0.25, 0.3) is 11.3 Å². The van der Waals surface area contributed by atoms with Gasteiger partial charge in [-0.15, -0.1) is 0 Å². The molecule has 1 aliphatic rings. The summed E-state index contributed by atoms with van der Waals surface area (Å²) in [4.78, 5) is 14.0. The number of amides is 1. The third kappa shape index (κ3) is 2.64. The number of aromatic nitrogens is 1. The third-order valence-electron chi connectivity index (χ3n) is 3.45. The van der Waals surface area contributed by atoms with E-state index in [1.807, 2.05) is 39.0 Å². The molecule has 22 heavy (non-hydrogen) atoms. The van der Waals surface area contributed by atoms with Crippen LogP contribution in [0.1, 0.15) is 26.3 Å². The highest BCUT2D eigenvalue weighted by atomic mass is 16.6. The number of nitrogens with two attached hydrogens (primary N) is 1. The third-order valence-corrected chi connectivity index (χ3v) is 3.45. The molecule has 6 nitrogen and oxygen atoms in total. The number of carbonyl (C=O) groups is 1. The summed E-state index contributed by atoms with van der Waals surface area (Å²) in [6.07, 6.45) is 0.417. The van der Waals surface area contributed by atoms with Crippen LogP contribution in [0.15, 0.2) is 28.8 Å². The Hall–Kier alpha value is -2.50. The molecule has 0 unspecified atom stereocenters. The first-order valence-electron chi connectivity index (χ1n) is 7.20. The van der Waals surface area contributed by atoms with E-state index in [1.165, 1.54) is 0 Å². The van der Waals surface area contributed by atoms with E-state index in [-0.39, 0.29) is 12.0 Å². The molecule has 116 valence electrons. The summed E-state index contributed by atoms with van der Waals surface area (Å²) >= 11 is 0. The summed E-state index contributed by atoms with van der Waals surface area (Å²) in [5, 5.41) is 3.96. The number of carbonyl (C=O) groups excluding carboxylic acids is 1. The van der Waals surface area contributed by atoms with Crippen molar-refractivity contribution in [3.63, 3.8) is 0 Å². The second-order valence-corrected chi connectivity index (χ2v) is 6.30. The first kappa shape index (κ1) is 14.4. The first-order valence-corrected chi connectivity index (χ1v) is 7.20. The molecule has 1 aromatic carbocycles. The zero-order valence-corrected chi connectivity index (χ0v) is 12.9. The van der Waals surface area contributed by atoms with Crippen molar-refractivity contribution < 1.29 is 14.1 Å². The second kappa shape index (κ2) is 5.05. The molecule has 3 rings (SSSR count). The molecule has 2 aromatic rings. The zero-order chi connectivity index (χ0) is 15.9. The molecule has 0 spiro atoms. The van der Waals surface area contributed by atoms with Crippen LogP contribution in [0.5, 0.6) is 0 Å². The fourth-order valence-electron chi connectivity index (χ4n) is 2.60. The van der Waals surface area contributed by atoms with Crippen LogP contribution in [0.4, 0.5) is 16.4 Å². The molecule has 1 aromatic heterocycles. The van der Waals surface area contributed by atoms with E-state index in [1.54, 1.807) is 11.0 Å². The predicted octanol–water partition coefficient (Wildman–Crippen LogP) is 3.22. The number of rotatable bonds is 1. The molecule has 0 radical (unpaired) electrons. The van der Waals surface area contributed by atoms with Gasteiger partial charge in [0.05, 0.1) is 5.69 Å². The van der Waals surface area contributed by atoms with E-state index in [4.69, 9.17) is 15.0 Å². The van der Waals surface area contributed by atoms with Crippen LogP contribution in [0, 0.1) is 0 Å². The van der Waals surface area contributed by atoms with E-state index in [9.17, 15) is 4.79 Å². The quantitative estimate of drug-likeness (QED) is 0.874. The maximum Gasteiger partial charge on any atom is 0.414 e. The second-order valence-electron chi connectivity index (χ2n) is 6.30. The minimum atomic E-state index is -0.516. The highest BCUT2D eigenvalue weighted by Crippen LogP contribution is 2.36. The number of ether oxygens (including phenoxy) is 1. The van der Waals surface area contributed by atoms with Crippen molar-refractivity contribution in [1.29, 1.82) is 0 Å². The lowest BCUT2D eigenvalue weighted by atomic mass is 10.0. The molecule has 2 N–H and O–H groups in total. The maximum absolute atomic E-state index is 12.3. The topological polar surface area (TPSA) is 81.6 Å². The number of hydrogen-bond donors (Lipinski definition) is 1. The molecule has 6 heteroatoms. The average Bonchev–Trinajstić information content (AvgIpc) is 3.02. The number of anilines is 2. The lowest BCUT2D eigenvalue weighted by Gasteiger charge is -2.24. The molecule has 0 saturated heterocycles. The molecule has 1 aliphatic heterocycles. The Labute approximate surface area is 128 Å². The molecule has 0 saturated carbocycles. The smallest absolute Gasteiger partial charge is 0.414 e. The Morgan fingerprint density at radius 3 is 2.82 bits per heavy atom. The number of fused-ring (bicyclic) bond motifs is 1. The summed E-state index contributed by atoms with van der Waals surface area (Å²) in [7, 11) is 0. The van der Waals surface area contributed by atoms with Gasteiger partial charge in [0.25, 0.3) is 0 Å². The highest BCUT2D eigenvalue weighted by Gasteiger charge is 2.30. The number of nitrogen functional groups attached to an aromatic ring is 1. The Kier molecular flexibility index (Phi) is 3.31. The number of benzene rings is 1. The Morgan fingerprint density at radius 1 is 1.41 bits per heavy atom. The normalized spacial score (nSPS) is 14.0. The Balaban J connectivity index is 1.94. The molecule has 0 fully saturated rings. The minimum Gasteiger partial charge on any atom is -0.443 e. The summed E-state index contributed by atoms with van der Waals surface area (Å²) in [6, 6.07) is 7.45. The van der Waals surface area contributed by atoms with Gasteiger partial charge in [-0.3, -0.25) is 4.90 Å². The monoisotopic (exact) mass is 301 g/mol. The summed E-state index contributed by atoms with van der Waals surface area (Å²) in [6.45, 7) is 6.16. The van der Waals surface area contributed by atoms with Gasteiger partial charge in [-0.25, -0.2) is 4.79 Å². The first-order chi connectivity index (χ1) is 10.3. The van der Waals surface area contributed by atoms with Gasteiger partial charge in [0.15, 0.2) is 0 Å². The van der Waals surface area contributed by atoms with Crippen LogP contribution >= 0.6 is 0 Å². The standard InChI is InChI=1S/C16H19N3O3/c1-16(2,3)21-15(20)19-8-7-11-10(5-4-6-13(11)19)12-9-14(17)22-18-12/h4-6,9H,7-8,17H2,1-3H3. The van der Waals surface area contributed by atoms with Crippen LogP contribution in [0.2, 0.25) is 0 Å². The van der Waals surface area contributed by atoms with Crippen molar-refractivity contribution in [2.75, 3.05) is 17.2 Å². The molecule has 0 aliphatic carbocycles. The summed E-state index contributed by atoms with van der Waals surface area (Å²) in [5.41, 5.74) is 8.60. The fraction of sp³-hybridized carbons (Fsp3) is 0.375. The van der Waals surface area contributed by atoms with Crippen molar-refractivity contribution in [3.05, 3.63) is 29.8 Å². The van der Waals surface area contributed by atoms with E-state index in [2.05, 4.69) is 5.16 Å². The van der Waals surface area contributed by atoms with Gasteiger partial charge in [0.2, 0.25) is 5.88 Å². The van der Waals surface area contributed by atoms with Crippen molar-refractivity contribution in [3.8, 4) is 11.3 Å². The summed E-state index contributed by atoms with van der Waals surface area (Å²) < 4.78 is 10.4. The Morgan fingerprint density at radius 2 is 2.18 bits per heavy atom. The van der Waals surface area contributed by atoms with Crippen molar-refractivity contribution in [1.82, 2.24) is 5.16 Å². The van der Waals surface area contributed by atoms with Gasteiger partial charge in [0, 0.05) is 18.2 Å².